The van der Waals surface area contributed by atoms with Crippen molar-refractivity contribution in [1.29, 1.82) is 0 Å². The lowest BCUT2D eigenvalue weighted by Gasteiger charge is -2.23. The first kappa shape index (κ1) is 13.9. The Labute approximate surface area is 102 Å². The quantitative estimate of drug-likeness (QED) is 0.853. The van der Waals surface area contributed by atoms with Gasteiger partial charge in [-0.1, -0.05) is 0 Å². The van der Waals surface area contributed by atoms with Gasteiger partial charge >= 0.3 is 6.36 Å². The zero-order chi connectivity index (χ0) is 11.8. The Morgan fingerprint density at radius 1 is 1.35 bits per heavy atom. The minimum atomic E-state index is -4.69. The van der Waals surface area contributed by atoms with E-state index in [0.29, 0.717) is 24.3 Å². The summed E-state index contributed by atoms with van der Waals surface area (Å²) < 4.78 is 45.0. The molecule has 1 atom stereocenters. The number of hydrogen-bond donors (Lipinski definition) is 1. The summed E-state index contributed by atoms with van der Waals surface area (Å²) in [5, 5.41) is 0. The number of ether oxygens (including phenoxy) is 2. The van der Waals surface area contributed by atoms with Gasteiger partial charge in [0.05, 0.1) is 6.61 Å². The highest BCUT2D eigenvalue weighted by molar-refractivity contribution is 5.85. The van der Waals surface area contributed by atoms with E-state index in [-0.39, 0.29) is 24.2 Å². The molecule has 0 saturated heterocycles. The Balaban J connectivity index is 0.00000144. The Morgan fingerprint density at radius 2 is 2.06 bits per heavy atom. The highest BCUT2D eigenvalue weighted by Gasteiger charge is 2.31. The largest absolute Gasteiger partial charge is 0.573 e. The van der Waals surface area contributed by atoms with E-state index in [1.54, 1.807) is 0 Å². The average molecular weight is 270 g/mol. The van der Waals surface area contributed by atoms with Gasteiger partial charge in [0.2, 0.25) is 0 Å². The van der Waals surface area contributed by atoms with E-state index in [4.69, 9.17) is 10.5 Å². The molecule has 0 spiro atoms. The number of halogens is 4. The Hall–Kier alpha value is -1.14. The Bertz CT molecular complexity index is 398. The molecule has 0 aromatic heterocycles. The van der Waals surface area contributed by atoms with E-state index < -0.39 is 6.36 Å². The van der Waals surface area contributed by atoms with Crippen molar-refractivity contribution in [2.75, 3.05) is 6.61 Å². The first-order chi connectivity index (χ1) is 7.46. The second-order valence-corrected chi connectivity index (χ2v) is 3.49. The van der Waals surface area contributed by atoms with Crippen LogP contribution >= 0.6 is 12.4 Å². The van der Waals surface area contributed by atoms with E-state index in [9.17, 15) is 13.2 Å². The predicted molar refractivity (Wildman–Crippen MR) is 57.4 cm³/mol. The van der Waals surface area contributed by atoms with Gasteiger partial charge in [0.1, 0.15) is 11.5 Å². The molecule has 2 N–H and O–H groups in total. The number of hydrogen-bond acceptors (Lipinski definition) is 3. The molecule has 1 aliphatic rings. The zero-order valence-corrected chi connectivity index (χ0v) is 9.48. The summed E-state index contributed by atoms with van der Waals surface area (Å²) in [5.74, 6) is 0.250. The fourth-order valence-electron chi connectivity index (χ4n) is 1.60. The van der Waals surface area contributed by atoms with Gasteiger partial charge in [-0.3, -0.25) is 0 Å². The standard InChI is InChI=1S/C10H10F3NO2.ClH/c11-10(12,13)16-6-1-2-9-7(5-6)8(14)3-4-15-9;/h1-2,5,8H,3-4,14H2;1H. The molecule has 0 fully saturated rings. The molecular weight excluding hydrogens is 259 g/mol. The van der Waals surface area contributed by atoms with Crippen LogP contribution in [-0.2, 0) is 0 Å². The van der Waals surface area contributed by atoms with E-state index in [1.807, 2.05) is 0 Å². The molecule has 0 radical (unpaired) electrons. The van der Waals surface area contributed by atoms with Crippen molar-refractivity contribution in [2.24, 2.45) is 5.73 Å². The fraction of sp³-hybridized carbons (Fsp3) is 0.400. The van der Waals surface area contributed by atoms with Crippen molar-refractivity contribution in [3.05, 3.63) is 23.8 Å². The van der Waals surface area contributed by atoms with Crippen LogP contribution in [0.15, 0.2) is 18.2 Å². The van der Waals surface area contributed by atoms with Crippen molar-refractivity contribution in [3.8, 4) is 11.5 Å². The van der Waals surface area contributed by atoms with Crippen LogP contribution in [0.3, 0.4) is 0 Å². The monoisotopic (exact) mass is 269 g/mol. The van der Waals surface area contributed by atoms with E-state index in [0.717, 1.165) is 0 Å². The SMILES string of the molecule is Cl.NC1CCOc2ccc(OC(F)(F)F)cc21. The van der Waals surface area contributed by atoms with Crippen molar-refractivity contribution in [3.63, 3.8) is 0 Å². The summed E-state index contributed by atoms with van der Waals surface area (Å²) in [6, 6.07) is 3.62. The molecule has 0 saturated carbocycles. The molecule has 1 aromatic carbocycles. The first-order valence-corrected chi connectivity index (χ1v) is 4.74. The summed E-state index contributed by atoms with van der Waals surface area (Å²) in [5.41, 5.74) is 6.31. The maximum absolute atomic E-state index is 12.0. The van der Waals surface area contributed by atoms with Crippen LogP contribution in [0, 0.1) is 0 Å². The third-order valence-electron chi connectivity index (χ3n) is 2.30. The van der Waals surface area contributed by atoms with Crippen LogP contribution < -0.4 is 15.2 Å². The topological polar surface area (TPSA) is 44.5 Å². The molecule has 2 rings (SSSR count). The number of rotatable bonds is 1. The van der Waals surface area contributed by atoms with Crippen molar-refractivity contribution in [2.45, 2.75) is 18.8 Å². The van der Waals surface area contributed by atoms with E-state index >= 15 is 0 Å². The third-order valence-corrected chi connectivity index (χ3v) is 2.30. The highest BCUT2D eigenvalue weighted by atomic mass is 35.5. The van der Waals surface area contributed by atoms with Crippen LogP contribution in [0.4, 0.5) is 13.2 Å². The summed E-state index contributed by atoms with van der Waals surface area (Å²) in [6.07, 6.45) is -4.10. The zero-order valence-electron chi connectivity index (χ0n) is 8.66. The average Bonchev–Trinajstić information content (AvgIpc) is 2.17. The van der Waals surface area contributed by atoms with Crippen molar-refractivity contribution >= 4 is 12.4 Å². The van der Waals surface area contributed by atoms with Crippen LogP contribution in [0.25, 0.3) is 0 Å². The minimum absolute atomic E-state index is 0. The summed E-state index contributed by atoms with van der Waals surface area (Å²) >= 11 is 0. The van der Waals surface area contributed by atoms with Gasteiger partial charge in [-0.25, -0.2) is 0 Å². The maximum Gasteiger partial charge on any atom is 0.573 e. The first-order valence-electron chi connectivity index (χ1n) is 4.74. The summed E-state index contributed by atoms with van der Waals surface area (Å²) in [7, 11) is 0. The lowest BCUT2D eigenvalue weighted by atomic mass is 10.0. The molecule has 3 nitrogen and oxygen atoms in total. The Morgan fingerprint density at radius 3 is 2.71 bits per heavy atom. The number of fused-ring (bicyclic) bond motifs is 1. The molecule has 96 valence electrons. The number of alkyl halides is 3. The van der Waals surface area contributed by atoms with Crippen LogP contribution in [0.2, 0.25) is 0 Å². The fourth-order valence-corrected chi connectivity index (χ4v) is 1.60. The lowest BCUT2D eigenvalue weighted by molar-refractivity contribution is -0.274. The van der Waals surface area contributed by atoms with Gasteiger partial charge in [0.25, 0.3) is 0 Å². The molecule has 1 heterocycles. The number of benzene rings is 1. The molecule has 1 unspecified atom stereocenters. The molecule has 0 bridgehead atoms. The van der Waals surface area contributed by atoms with Gasteiger partial charge in [0, 0.05) is 18.0 Å². The van der Waals surface area contributed by atoms with Gasteiger partial charge in [-0.15, -0.1) is 25.6 Å². The maximum atomic E-state index is 12.0. The second kappa shape index (κ2) is 5.01. The van der Waals surface area contributed by atoms with E-state index in [2.05, 4.69) is 4.74 Å². The summed E-state index contributed by atoms with van der Waals surface area (Å²) in [4.78, 5) is 0. The summed E-state index contributed by atoms with van der Waals surface area (Å²) in [6.45, 7) is 0.480. The second-order valence-electron chi connectivity index (χ2n) is 3.49. The molecule has 1 aromatic rings. The van der Waals surface area contributed by atoms with Crippen molar-refractivity contribution in [1.82, 2.24) is 0 Å². The van der Waals surface area contributed by atoms with Gasteiger partial charge in [-0.2, -0.15) is 0 Å². The van der Waals surface area contributed by atoms with Crippen molar-refractivity contribution < 1.29 is 22.6 Å². The normalized spacial score (nSPS) is 18.7. The smallest absolute Gasteiger partial charge is 0.493 e. The molecule has 17 heavy (non-hydrogen) atoms. The third kappa shape index (κ3) is 3.41. The van der Waals surface area contributed by atoms with Crippen LogP contribution in [0.1, 0.15) is 18.0 Å². The van der Waals surface area contributed by atoms with Gasteiger partial charge in [-0.05, 0) is 18.2 Å². The van der Waals surface area contributed by atoms with Gasteiger partial charge < -0.3 is 15.2 Å². The van der Waals surface area contributed by atoms with Crippen LogP contribution in [-0.4, -0.2) is 13.0 Å². The number of nitrogens with two attached hydrogens (primary N) is 1. The highest BCUT2D eigenvalue weighted by Crippen LogP contribution is 2.34. The molecule has 0 aliphatic carbocycles. The predicted octanol–water partition coefficient (Wildman–Crippen LogP) is 2.79. The molecule has 0 amide bonds. The Kier molecular flexibility index (Phi) is 4.11. The molecular formula is C10H11ClF3NO2. The molecule has 7 heteroatoms. The van der Waals surface area contributed by atoms with Gasteiger partial charge in [0.15, 0.2) is 0 Å². The lowest BCUT2D eigenvalue weighted by Crippen LogP contribution is -2.21. The molecule has 1 aliphatic heterocycles. The minimum Gasteiger partial charge on any atom is -0.493 e. The van der Waals surface area contributed by atoms with Crippen LogP contribution in [0.5, 0.6) is 11.5 Å². The van der Waals surface area contributed by atoms with E-state index in [1.165, 1.54) is 18.2 Å².